The van der Waals surface area contributed by atoms with Crippen LogP contribution in [-0.4, -0.2) is 41.7 Å². The van der Waals surface area contributed by atoms with Crippen molar-refractivity contribution in [2.45, 2.75) is 25.1 Å². The first-order valence-corrected chi connectivity index (χ1v) is 8.81. The normalized spacial score (nSPS) is 12.5. The summed E-state index contributed by atoms with van der Waals surface area (Å²) in [5, 5.41) is 14.0. The number of nitrogens with one attached hydrogen (secondary N) is 2. The van der Waals surface area contributed by atoms with Gasteiger partial charge in [0.15, 0.2) is 0 Å². The predicted molar refractivity (Wildman–Crippen MR) is 102 cm³/mol. The number of amides is 3. The van der Waals surface area contributed by atoms with Crippen LogP contribution < -0.4 is 16.4 Å². The molecule has 8 nitrogen and oxygen atoms in total. The molecule has 0 heterocycles. The van der Waals surface area contributed by atoms with Crippen LogP contribution in [0, 0.1) is 5.82 Å². The Labute approximate surface area is 166 Å². The van der Waals surface area contributed by atoms with E-state index in [1.54, 1.807) is 24.3 Å². The SMILES string of the molecule is NC(=O)[C@@H](Cc1ccc(F)cc1)NC(=O)[C@H](CO)NC(=O)OCc1ccccc1. The van der Waals surface area contributed by atoms with Crippen LogP contribution in [0.15, 0.2) is 54.6 Å². The maximum absolute atomic E-state index is 13.0. The van der Waals surface area contributed by atoms with Crippen LogP contribution in [0.2, 0.25) is 0 Å². The van der Waals surface area contributed by atoms with Crippen molar-refractivity contribution < 1.29 is 28.6 Å². The summed E-state index contributed by atoms with van der Waals surface area (Å²) in [6, 6.07) is 11.8. The van der Waals surface area contributed by atoms with Gasteiger partial charge in [-0.2, -0.15) is 0 Å². The van der Waals surface area contributed by atoms with Crippen molar-refractivity contribution in [3.63, 3.8) is 0 Å². The highest BCUT2D eigenvalue weighted by atomic mass is 19.1. The second-order valence-corrected chi connectivity index (χ2v) is 6.24. The van der Waals surface area contributed by atoms with Gasteiger partial charge in [0.1, 0.15) is 24.5 Å². The van der Waals surface area contributed by atoms with Crippen molar-refractivity contribution >= 4 is 17.9 Å². The largest absolute Gasteiger partial charge is 0.445 e. The fourth-order valence-corrected chi connectivity index (χ4v) is 2.45. The highest BCUT2D eigenvalue weighted by Gasteiger charge is 2.26. The Kier molecular flexibility index (Phi) is 8.11. The molecule has 0 radical (unpaired) electrons. The molecule has 0 aliphatic carbocycles. The minimum absolute atomic E-state index is 0.0130. The molecule has 0 aromatic heterocycles. The minimum atomic E-state index is -1.34. The van der Waals surface area contributed by atoms with Gasteiger partial charge in [-0.25, -0.2) is 9.18 Å². The van der Waals surface area contributed by atoms with E-state index >= 15 is 0 Å². The summed E-state index contributed by atoms with van der Waals surface area (Å²) >= 11 is 0. The molecule has 3 amide bonds. The summed E-state index contributed by atoms with van der Waals surface area (Å²) < 4.78 is 18.0. The van der Waals surface area contributed by atoms with Gasteiger partial charge < -0.3 is 26.2 Å². The van der Waals surface area contributed by atoms with Crippen LogP contribution in [-0.2, 0) is 27.4 Å². The number of alkyl carbamates (subject to hydrolysis) is 1. The number of hydrogen-bond acceptors (Lipinski definition) is 5. The average molecular weight is 403 g/mol. The van der Waals surface area contributed by atoms with Crippen molar-refractivity contribution in [3.05, 3.63) is 71.5 Å². The topological polar surface area (TPSA) is 131 Å². The Bertz CT molecular complexity index is 830. The zero-order chi connectivity index (χ0) is 21.2. The monoisotopic (exact) mass is 403 g/mol. The number of rotatable bonds is 9. The number of aliphatic hydroxyl groups is 1. The highest BCUT2D eigenvalue weighted by molar-refractivity contribution is 5.90. The molecule has 154 valence electrons. The number of benzene rings is 2. The molecule has 0 fully saturated rings. The lowest BCUT2D eigenvalue weighted by molar-refractivity contribution is -0.129. The Morgan fingerprint density at radius 2 is 1.62 bits per heavy atom. The number of aliphatic hydroxyl groups excluding tert-OH is 1. The van der Waals surface area contributed by atoms with E-state index in [1.807, 2.05) is 6.07 Å². The third-order valence-corrected chi connectivity index (χ3v) is 4.02. The molecule has 0 spiro atoms. The van der Waals surface area contributed by atoms with E-state index in [-0.39, 0.29) is 13.0 Å². The van der Waals surface area contributed by atoms with E-state index in [2.05, 4.69) is 10.6 Å². The third-order valence-electron chi connectivity index (χ3n) is 4.02. The quantitative estimate of drug-likeness (QED) is 0.488. The third kappa shape index (κ3) is 7.23. The minimum Gasteiger partial charge on any atom is -0.445 e. The summed E-state index contributed by atoms with van der Waals surface area (Å²) in [5.74, 6) is -2.06. The van der Waals surface area contributed by atoms with Crippen LogP contribution in [0.3, 0.4) is 0 Å². The van der Waals surface area contributed by atoms with Gasteiger partial charge in [0, 0.05) is 6.42 Å². The first-order chi connectivity index (χ1) is 13.9. The number of halogens is 1. The number of carbonyl (C=O) groups is 3. The summed E-state index contributed by atoms with van der Waals surface area (Å²) in [7, 11) is 0. The zero-order valence-corrected chi connectivity index (χ0v) is 15.5. The van der Waals surface area contributed by atoms with E-state index < -0.39 is 42.4 Å². The van der Waals surface area contributed by atoms with Crippen LogP contribution in [0.25, 0.3) is 0 Å². The van der Waals surface area contributed by atoms with Crippen molar-refractivity contribution in [1.82, 2.24) is 10.6 Å². The van der Waals surface area contributed by atoms with Crippen molar-refractivity contribution in [2.75, 3.05) is 6.61 Å². The molecular formula is C20H22FN3O5. The van der Waals surface area contributed by atoms with Gasteiger partial charge in [-0.1, -0.05) is 42.5 Å². The van der Waals surface area contributed by atoms with Gasteiger partial charge >= 0.3 is 6.09 Å². The smallest absolute Gasteiger partial charge is 0.408 e. The summed E-state index contributed by atoms with van der Waals surface area (Å²) in [4.78, 5) is 35.9. The molecule has 0 aliphatic rings. The van der Waals surface area contributed by atoms with Gasteiger partial charge in [0.2, 0.25) is 11.8 Å². The predicted octanol–water partition coefficient (Wildman–Crippen LogP) is 0.626. The molecule has 2 atom stereocenters. The Hall–Kier alpha value is -3.46. The maximum Gasteiger partial charge on any atom is 0.408 e. The Balaban J connectivity index is 1.91. The van der Waals surface area contributed by atoms with Gasteiger partial charge in [-0.15, -0.1) is 0 Å². The fraction of sp³-hybridized carbons (Fsp3) is 0.250. The molecule has 2 aromatic rings. The Morgan fingerprint density at radius 3 is 2.21 bits per heavy atom. The second-order valence-electron chi connectivity index (χ2n) is 6.24. The average Bonchev–Trinajstić information content (AvgIpc) is 2.72. The molecule has 9 heteroatoms. The first-order valence-electron chi connectivity index (χ1n) is 8.81. The van der Waals surface area contributed by atoms with E-state index in [1.165, 1.54) is 24.3 Å². The zero-order valence-electron chi connectivity index (χ0n) is 15.5. The van der Waals surface area contributed by atoms with Crippen molar-refractivity contribution in [3.8, 4) is 0 Å². The van der Waals surface area contributed by atoms with Crippen LogP contribution >= 0.6 is 0 Å². The molecule has 2 aromatic carbocycles. The highest BCUT2D eigenvalue weighted by Crippen LogP contribution is 2.06. The van der Waals surface area contributed by atoms with E-state index in [0.717, 1.165) is 5.56 Å². The number of primary amides is 1. The first kappa shape index (κ1) is 21.8. The van der Waals surface area contributed by atoms with E-state index in [9.17, 15) is 23.9 Å². The van der Waals surface area contributed by atoms with Crippen LogP contribution in [0.1, 0.15) is 11.1 Å². The standard InChI is InChI=1S/C20H22FN3O5/c21-15-8-6-13(7-9-15)10-16(18(22)26)23-19(27)17(11-25)24-20(28)29-12-14-4-2-1-3-5-14/h1-9,16-17,25H,10-12H2,(H2,22,26)(H,23,27)(H,24,28)/t16-,17+/m1/s1. The molecule has 0 aliphatic heterocycles. The van der Waals surface area contributed by atoms with Gasteiger partial charge in [0.25, 0.3) is 0 Å². The van der Waals surface area contributed by atoms with Crippen molar-refractivity contribution in [1.29, 1.82) is 0 Å². The second kappa shape index (κ2) is 10.8. The molecule has 2 rings (SSSR count). The number of ether oxygens (including phenoxy) is 1. The van der Waals surface area contributed by atoms with Gasteiger partial charge in [-0.3, -0.25) is 9.59 Å². The molecular weight excluding hydrogens is 381 g/mol. The Morgan fingerprint density at radius 1 is 0.966 bits per heavy atom. The molecule has 0 bridgehead atoms. The summed E-state index contributed by atoms with van der Waals surface area (Å²) in [6.45, 7) is -0.727. The lowest BCUT2D eigenvalue weighted by Crippen LogP contribution is -2.54. The molecule has 0 unspecified atom stereocenters. The molecule has 5 N–H and O–H groups in total. The molecule has 29 heavy (non-hydrogen) atoms. The fourth-order valence-electron chi connectivity index (χ4n) is 2.45. The number of hydrogen-bond donors (Lipinski definition) is 4. The van der Waals surface area contributed by atoms with Gasteiger partial charge in [-0.05, 0) is 23.3 Å². The summed E-state index contributed by atoms with van der Waals surface area (Å²) in [5.41, 5.74) is 6.64. The van der Waals surface area contributed by atoms with Gasteiger partial charge in [0.05, 0.1) is 6.61 Å². The van der Waals surface area contributed by atoms with Crippen LogP contribution in [0.4, 0.5) is 9.18 Å². The van der Waals surface area contributed by atoms with E-state index in [4.69, 9.17) is 10.5 Å². The van der Waals surface area contributed by atoms with Crippen LogP contribution in [0.5, 0.6) is 0 Å². The van der Waals surface area contributed by atoms with Crippen molar-refractivity contribution in [2.24, 2.45) is 5.73 Å². The molecule has 0 saturated heterocycles. The maximum atomic E-state index is 13.0. The summed E-state index contributed by atoms with van der Waals surface area (Å²) in [6.07, 6.45) is -0.880. The van der Waals surface area contributed by atoms with E-state index in [0.29, 0.717) is 5.56 Å². The molecule has 0 saturated carbocycles. The lowest BCUT2D eigenvalue weighted by Gasteiger charge is -2.20. The lowest BCUT2D eigenvalue weighted by atomic mass is 10.0. The number of carbonyl (C=O) groups excluding carboxylic acids is 3. The number of nitrogens with two attached hydrogens (primary N) is 1.